The van der Waals surface area contributed by atoms with Crippen molar-refractivity contribution < 1.29 is 14.7 Å². The lowest BCUT2D eigenvalue weighted by Gasteiger charge is -2.15. The summed E-state index contributed by atoms with van der Waals surface area (Å²) in [5, 5.41) is 20.3. The second-order valence-corrected chi connectivity index (χ2v) is 4.90. The largest absolute Gasteiger partial charge is 0.481 e. The Kier molecular flexibility index (Phi) is 4.50. The summed E-state index contributed by atoms with van der Waals surface area (Å²) in [6, 6.07) is 2.02. The molecule has 1 rings (SSSR count). The van der Waals surface area contributed by atoms with Gasteiger partial charge in [0.2, 0.25) is 5.91 Å². The van der Waals surface area contributed by atoms with Crippen molar-refractivity contribution in [1.82, 2.24) is 5.32 Å². The molecule has 2 unspecified atom stereocenters. The number of amides is 1. The number of carboxylic acid groups (broad SMARTS) is 1. The summed E-state index contributed by atoms with van der Waals surface area (Å²) in [6.45, 7) is 3.96. The fraction of sp³-hybridized carbons (Fsp3) is 0.750. The maximum atomic E-state index is 11.8. The van der Waals surface area contributed by atoms with Gasteiger partial charge < -0.3 is 10.4 Å². The molecule has 0 aromatic heterocycles. The van der Waals surface area contributed by atoms with Gasteiger partial charge in [0.25, 0.3) is 0 Å². The fourth-order valence-corrected chi connectivity index (χ4v) is 2.28. The van der Waals surface area contributed by atoms with Crippen molar-refractivity contribution >= 4 is 11.9 Å². The van der Waals surface area contributed by atoms with Crippen LogP contribution in [-0.4, -0.2) is 23.5 Å². The van der Waals surface area contributed by atoms with Crippen LogP contribution in [0, 0.1) is 35.0 Å². The highest BCUT2D eigenvalue weighted by molar-refractivity contribution is 5.85. The van der Waals surface area contributed by atoms with Crippen LogP contribution in [0.2, 0.25) is 0 Å². The van der Waals surface area contributed by atoms with E-state index in [1.807, 2.05) is 13.0 Å². The van der Waals surface area contributed by atoms with Gasteiger partial charge in [0, 0.05) is 6.54 Å². The topological polar surface area (TPSA) is 90.2 Å². The second-order valence-electron chi connectivity index (χ2n) is 4.90. The minimum absolute atomic E-state index is 0.233. The Labute approximate surface area is 101 Å². The third-order valence-corrected chi connectivity index (χ3v) is 3.26. The average Bonchev–Trinajstić information content (AvgIpc) is 2.67. The van der Waals surface area contributed by atoms with Crippen molar-refractivity contribution in [3.63, 3.8) is 0 Å². The van der Waals surface area contributed by atoms with Gasteiger partial charge >= 0.3 is 5.97 Å². The Morgan fingerprint density at radius 1 is 1.47 bits per heavy atom. The number of carbonyl (C=O) groups is 2. The molecule has 0 heterocycles. The maximum Gasteiger partial charge on any atom is 0.307 e. The highest BCUT2D eigenvalue weighted by Gasteiger charge is 2.41. The van der Waals surface area contributed by atoms with E-state index < -0.39 is 17.8 Å². The zero-order chi connectivity index (χ0) is 13.0. The molecule has 0 aliphatic heterocycles. The van der Waals surface area contributed by atoms with Crippen molar-refractivity contribution in [1.29, 1.82) is 5.26 Å². The Morgan fingerprint density at radius 3 is 2.59 bits per heavy atom. The van der Waals surface area contributed by atoms with E-state index in [4.69, 9.17) is 10.4 Å². The van der Waals surface area contributed by atoms with Gasteiger partial charge in [0.15, 0.2) is 0 Å². The van der Waals surface area contributed by atoms with Gasteiger partial charge in [-0.1, -0.05) is 6.92 Å². The number of nitriles is 1. The molecule has 4 atom stereocenters. The molecule has 0 radical (unpaired) electrons. The van der Waals surface area contributed by atoms with E-state index in [0.29, 0.717) is 12.8 Å². The van der Waals surface area contributed by atoms with E-state index in [2.05, 4.69) is 5.32 Å². The maximum absolute atomic E-state index is 11.8. The molecule has 0 spiro atoms. The van der Waals surface area contributed by atoms with Crippen LogP contribution >= 0.6 is 0 Å². The van der Waals surface area contributed by atoms with Crippen molar-refractivity contribution in [3.05, 3.63) is 0 Å². The number of nitrogens with one attached hydrogen (secondary N) is 1. The van der Waals surface area contributed by atoms with E-state index in [1.54, 1.807) is 6.92 Å². The normalized spacial score (nSPS) is 29.4. The van der Waals surface area contributed by atoms with Crippen LogP contribution in [0.15, 0.2) is 0 Å². The van der Waals surface area contributed by atoms with Gasteiger partial charge in [-0.2, -0.15) is 5.26 Å². The van der Waals surface area contributed by atoms with Gasteiger partial charge in [-0.15, -0.1) is 0 Å². The quantitative estimate of drug-likeness (QED) is 0.764. The predicted molar refractivity (Wildman–Crippen MR) is 60.8 cm³/mol. The first kappa shape index (κ1) is 13.5. The first-order valence-electron chi connectivity index (χ1n) is 5.85. The van der Waals surface area contributed by atoms with Crippen LogP contribution in [0.25, 0.3) is 0 Å². The number of aliphatic carboxylic acids is 1. The summed E-state index contributed by atoms with van der Waals surface area (Å²) in [5.41, 5.74) is 0. The monoisotopic (exact) mass is 238 g/mol. The van der Waals surface area contributed by atoms with Gasteiger partial charge in [-0.25, -0.2) is 0 Å². The first-order chi connectivity index (χ1) is 7.95. The Morgan fingerprint density at radius 2 is 2.06 bits per heavy atom. The lowest BCUT2D eigenvalue weighted by molar-refractivity contribution is -0.146. The van der Waals surface area contributed by atoms with E-state index in [0.717, 1.165) is 0 Å². The van der Waals surface area contributed by atoms with Crippen molar-refractivity contribution in [2.75, 3.05) is 6.54 Å². The molecular formula is C12H18N2O3. The summed E-state index contributed by atoms with van der Waals surface area (Å²) in [7, 11) is 0. The van der Waals surface area contributed by atoms with Crippen LogP contribution in [0.4, 0.5) is 0 Å². The summed E-state index contributed by atoms with van der Waals surface area (Å²) >= 11 is 0. The molecule has 1 saturated carbocycles. The molecule has 94 valence electrons. The predicted octanol–water partition coefficient (Wildman–Crippen LogP) is 1.01. The van der Waals surface area contributed by atoms with Crippen LogP contribution in [0.3, 0.4) is 0 Å². The number of carboxylic acids is 1. The number of hydrogen-bond acceptors (Lipinski definition) is 3. The molecule has 1 fully saturated rings. The SMILES string of the molecule is CC(C#N)CNC(=O)[C@H]1CC(C)C[C@H]1C(=O)O. The molecule has 2 N–H and O–H groups in total. The zero-order valence-electron chi connectivity index (χ0n) is 10.1. The van der Waals surface area contributed by atoms with E-state index >= 15 is 0 Å². The van der Waals surface area contributed by atoms with Gasteiger partial charge in [0.05, 0.1) is 23.8 Å². The van der Waals surface area contributed by atoms with Crippen molar-refractivity contribution in [3.8, 4) is 6.07 Å². The third kappa shape index (κ3) is 3.45. The highest BCUT2D eigenvalue weighted by atomic mass is 16.4. The second kappa shape index (κ2) is 5.67. The fourth-order valence-electron chi connectivity index (χ4n) is 2.28. The molecule has 0 aromatic carbocycles. The molecular weight excluding hydrogens is 220 g/mol. The summed E-state index contributed by atoms with van der Waals surface area (Å²) in [4.78, 5) is 22.9. The lowest BCUT2D eigenvalue weighted by Crippen LogP contribution is -2.37. The minimum Gasteiger partial charge on any atom is -0.481 e. The molecule has 0 bridgehead atoms. The molecule has 1 aliphatic carbocycles. The van der Waals surface area contributed by atoms with Gasteiger partial charge in [-0.3, -0.25) is 9.59 Å². The van der Waals surface area contributed by atoms with Crippen LogP contribution in [0.5, 0.6) is 0 Å². The molecule has 5 nitrogen and oxygen atoms in total. The van der Waals surface area contributed by atoms with Gasteiger partial charge in [-0.05, 0) is 25.7 Å². The number of nitrogens with zero attached hydrogens (tertiary/aromatic N) is 1. The number of carbonyl (C=O) groups excluding carboxylic acids is 1. The third-order valence-electron chi connectivity index (χ3n) is 3.26. The van der Waals surface area contributed by atoms with E-state index in [-0.39, 0.29) is 24.3 Å². The lowest BCUT2D eigenvalue weighted by atomic mass is 9.95. The molecule has 0 saturated heterocycles. The molecule has 17 heavy (non-hydrogen) atoms. The van der Waals surface area contributed by atoms with Crippen molar-refractivity contribution in [2.24, 2.45) is 23.7 Å². The summed E-state index contributed by atoms with van der Waals surface area (Å²) < 4.78 is 0. The molecule has 0 aromatic rings. The van der Waals surface area contributed by atoms with Gasteiger partial charge in [0.1, 0.15) is 0 Å². The molecule has 5 heteroatoms. The number of rotatable bonds is 4. The molecule has 1 amide bonds. The number of hydrogen-bond donors (Lipinski definition) is 2. The summed E-state index contributed by atoms with van der Waals surface area (Å²) in [6.07, 6.45) is 1.17. The van der Waals surface area contributed by atoms with E-state index in [9.17, 15) is 9.59 Å². The molecule has 1 aliphatic rings. The average molecular weight is 238 g/mol. The highest BCUT2D eigenvalue weighted by Crippen LogP contribution is 2.36. The Balaban J connectivity index is 2.56. The van der Waals surface area contributed by atoms with Crippen LogP contribution in [-0.2, 0) is 9.59 Å². The standard InChI is InChI=1S/C12H18N2O3/c1-7-3-9(10(4-7)12(16)17)11(15)14-6-8(2)5-13/h7-10H,3-4,6H2,1-2H3,(H,14,15)(H,16,17)/t7?,8?,9-,10+/m0/s1. The Bertz CT molecular complexity index is 348. The smallest absolute Gasteiger partial charge is 0.307 e. The first-order valence-corrected chi connectivity index (χ1v) is 5.85. The van der Waals surface area contributed by atoms with E-state index in [1.165, 1.54) is 0 Å². The summed E-state index contributed by atoms with van der Waals surface area (Å²) in [5.74, 6) is -2.15. The van der Waals surface area contributed by atoms with Crippen LogP contribution < -0.4 is 5.32 Å². The van der Waals surface area contributed by atoms with Crippen LogP contribution in [0.1, 0.15) is 26.7 Å². The minimum atomic E-state index is -0.900. The Hall–Kier alpha value is -1.57. The van der Waals surface area contributed by atoms with Crippen molar-refractivity contribution in [2.45, 2.75) is 26.7 Å². The zero-order valence-corrected chi connectivity index (χ0v) is 10.1.